The smallest absolute Gasteiger partial charge is 0.0684 e. The predicted octanol–water partition coefficient (Wildman–Crippen LogP) is 13.7. The largest absolute Gasteiger partial charge is 0.354 e. The number of hydrogen-bond acceptors (Lipinski definition) is 5. The van der Waals surface area contributed by atoms with Gasteiger partial charge in [0, 0.05) is 60.4 Å². The van der Waals surface area contributed by atoms with E-state index in [0.29, 0.717) is 17.5 Å². The van der Waals surface area contributed by atoms with Gasteiger partial charge in [-0.1, -0.05) is 121 Å². The Morgan fingerprint density at radius 1 is 0.364 bits per heavy atom. The fourth-order valence-electron chi connectivity index (χ4n) is 6.76. The fraction of sp³-hybridized carbons (Fsp3) is 0. The molecule has 0 aliphatic heterocycles. The number of anilines is 8. The maximum absolute atomic E-state index is 3.67. The molecule has 2 atom stereocenters. The first-order valence-corrected chi connectivity index (χ1v) is 21.0. The Balaban J connectivity index is 1.04. The maximum atomic E-state index is 3.67. The lowest BCUT2D eigenvalue weighted by molar-refractivity contribution is 1.41. The molecule has 8 aromatic carbocycles. The number of benzene rings is 8. The molecule has 55 heavy (non-hydrogen) atoms. The Bertz CT molecular complexity index is 2490. The van der Waals surface area contributed by atoms with Gasteiger partial charge in [-0.25, -0.2) is 0 Å². The summed E-state index contributed by atoms with van der Waals surface area (Å²) < 4.78 is 7.48. The van der Waals surface area contributed by atoms with Crippen molar-refractivity contribution in [3.63, 3.8) is 0 Å². The van der Waals surface area contributed by atoms with Gasteiger partial charge in [0.05, 0.1) is 22.7 Å². The summed E-state index contributed by atoms with van der Waals surface area (Å²) in [6, 6.07) is 73.4. The van der Waals surface area contributed by atoms with Crippen LogP contribution in [0.1, 0.15) is 0 Å². The lowest BCUT2D eigenvalue weighted by Crippen LogP contribution is -2.12. The van der Waals surface area contributed by atoms with Crippen LogP contribution in [0.5, 0.6) is 0 Å². The fourth-order valence-corrected chi connectivity index (χ4v) is 10.6. The van der Waals surface area contributed by atoms with E-state index in [1.807, 2.05) is 23.5 Å². The highest BCUT2D eigenvalue weighted by Crippen LogP contribution is 2.44. The zero-order valence-corrected chi connectivity index (χ0v) is 32.7. The molecule has 0 bridgehead atoms. The molecule has 2 unspecified atom stereocenters. The number of hydrogen-bond donors (Lipinski definition) is 2. The molecule has 0 radical (unpaired) electrons. The molecule has 7 heteroatoms. The van der Waals surface area contributed by atoms with Crippen molar-refractivity contribution in [2.24, 2.45) is 0 Å². The third-order valence-corrected chi connectivity index (χ3v) is 13.1. The van der Waals surface area contributed by atoms with Crippen LogP contribution >= 0.6 is 28.8 Å². The molecule has 2 N–H and O–H groups in total. The van der Waals surface area contributed by atoms with Crippen LogP contribution in [0.25, 0.3) is 20.2 Å². The van der Waals surface area contributed by atoms with Crippen LogP contribution in [-0.4, -0.2) is 0 Å². The van der Waals surface area contributed by atoms with E-state index in [0.717, 1.165) is 45.5 Å². The van der Waals surface area contributed by atoms with Crippen molar-refractivity contribution in [1.29, 1.82) is 0 Å². The zero-order valence-electron chi connectivity index (χ0n) is 29.9. The van der Waals surface area contributed by atoms with E-state index < -0.39 is 0 Å². The third kappa shape index (κ3) is 7.83. The summed E-state index contributed by atoms with van der Waals surface area (Å²) in [7, 11) is 0.793. The van der Waals surface area contributed by atoms with Gasteiger partial charge in [-0.2, -0.15) is 0 Å². The van der Waals surface area contributed by atoms with Gasteiger partial charge >= 0.3 is 0 Å². The number of thiophene rings is 1. The molecule has 0 fully saturated rings. The van der Waals surface area contributed by atoms with Gasteiger partial charge in [0.15, 0.2) is 0 Å². The second-order valence-electron chi connectivity index (χ2n) is 13.1. The minimum absolute atomic E-state index is 0.397. The number of rotatable bonds is 12. The summed E-state index contributed by atoms with van der Waals surface area (Å²) >= 11 is 1.88. The molecule has 1 heterocycles. The summed E-state index contributed by atoms with van der Waals surface area (Å²) in [6.07, 6.45) is 0. The Hall–Kier alpha value is -5.96. The summed E-state index contributed by atoms with van der Waals surface area (Å²) in [6.45, 7) is 0. The summed E-state index contributed by atoms with van der Waals surface area (Å²) in [5, 5.41) is 12.5. The molecule has 0 spiro atoms. The van der Waals surface area contributed by atoms with Crippen molar-refractivity contribution in [1.82, 2.24) is 0 Å². The van der Waals surface area contributed by atoms with E-state index in [4.69, 9.17) is 0 Å². The van der Waals surface area contributed by atoms with Crippen molar-refractivity contribution in [3.05, 3.63) is 206 Å². The van der Waals surface area contributed by atoms with Crippen molar-refractivity contribution in [3.8, 4) is 0 Å². The molecule has 0 aliphatic carbocycles. The van der Waals surface area contributed by atoms with Gasteiger partial charge in [-0.15, -0.1) is 11.3 Å². The van der Waals surface area contributed by atoms with Gasteiger partial charge in [-0.3, -0.25) is 0 Å². The van der Waals surface area contributed by atoms with Crippen LogP contribution in [0.3, 0.4) is 0 Å². The highest BCUT2D eigenvalue weighted by atomic mass is 32.1. The monoisotopic (exact) mass is 764 g/mol. The molecule has 4 nitrogen and oxygen atoms in total. The SMILES string of the molecule is c1ccc(Nc2ccccc2N(Pc2ccc3c(c2)sc2cc(PN(c4ccccc4)c4ccccc4Nc4ccccc4)ccc23)c2ccccc2)cc1. The van der Waals surface area contributed by atoms with Gasteiger partial charge in [0.2, 0.25) is 0 Å². The predicted molar refractivity (Wildman–Crippen MR) is 245 cm³/mol. The summed E-state index contributed by atoms with van der Waals surface area (Å²) in [5.41, 5.74) is 8.88. The summed E-state index contributed by atoms with van der Waals surface area (Å²) in [4.78, 5) is 0. The van der Waals surface area contributed by atoms with Crippen LogP contribution < -0.4 is 30.6 Å². The molecular weight excluding hydrogens is 727 g/mol. The number of fused-ring (bicyclic) bond motifs is 3. The van der Waals surface area contributed by atoms with Crippen LogP contribution in [0.15, 0.2) is 206 Å². The maximum Gasteiger partial charge on any atom is 0.0684 e. The second kappa shape index (κ2) is 16.2. The van der Waals surface area contributed by atoms with Gasteiger partial charge in [0.1, 0.15) is 0 Å². The minimum Gasteiger partial charge on any atom is -0.354 e. The zero-order chi connectivity index (χ0) is 36.8. The minimum atomic E-state index is 0.397. The van der Waals surface area contributed by atoms with Crippen molar-refractivity contribution < 1.29 is 0 Å². The normalized spacial score (nSPS) is 11.5. The Morgan fingerprint density at radius 2 is 0.727 bits per heavy atom. The average molecular weight is 765 g/mol. The lowest BCUT2D eigenvalue weighted by Gasteiger charge is -2.27. The van der Waals surface area contributed by atoms with Gasteiger partial charge in [-0.05, 0) is 95.5 Å². The van der Waals surface area contributed by atoms with Crippen LogP contribution in [0.2, 0.25) is 0 Å². The molecule has 0 amide bonds. The molecule has 266 valence electrons. The van der Waals surface area contributed by atoms with Crippen LogP contribution in [-0.2, 0) is 0 Å². The number of nitrogens with zero attached hydrogens (tertiary/aromatic N) is 2. The molecular formula is C48H38N4P2S. The highest BCUT2D eigenvalue weighted by Gasteiger charge is 2.18. The van der Waals surface area contributed by atoms with Crippen LogP contribution in [0, 0.1) is 0 Å². The van der Waals surface area contributed by atoms with E-state index in [1.54, 1.807) is 0 Å². The third-order valence-electron chi connectivity index (χ3n) is 9.38. The van der Waals surface area contributed by atoms with E-state index in [1.165, 1.54) is 30.8 Å². The molecule has 1 aromatic heterocycles. The topological polar surface area (TPSA) is 30.5 Å². The summed E-state index contributed by atoms with van der Waals surface area (Å²) in [5.74, 6) is 0. The van der Waals surface area contributed by atoms with E-state index in [9.17, 15) is 0 Å². The highest BCUT2D eigenvalue weighted by molar-refractivity contribution is 7.50. The van der Waals surface area contributed by atoms with Crippen LogP contribution in [0.4, 0.5) is 45.5 Å². The molecule has 0 saturated heterocycles. The standard InChI is InChI=1S/C48H38N4P2S/c1-5-17-35(18-6-1)49-43-25-13-15-27-45(43)51(37-21-9-3-10-22-37)53-39-29-31-41-42-32-30-40(34-48(42)55-47(41)33-39)54-52(38-23-11-4-12-24-38)46-28-16-14-26-44(46)50-36-19-7-2-8-20-36/h1-34,49-50,53-54H. The van der Waals surface area contributed by atoms with Crippen molar-refractivity contribution >= 4 is 105 Å². The number of nitrogens with one attached hydrogen (secondary N) is 2. The first kappa shape index (κ1) is 34.8. The molecule has 0 aliphatic rings. The van der Waals surface area contributed by atoms with E-state index in [-0.39, 0.29) is 0 Å². The van der Waals surface area contributed by atoms with E-state index in [2.05, 4.69) is 214 Å². The Kier molecular flexibility index (Phi) is 10.2. The molecule has 9 rings (SSSR count). The first-order valence-electron chi connectivity index (χ1n) is 18.3. The second-order valence-corrected chi connectivity index (χ2v) is 16.7. The Morgan fingerprint density at radius 3 is 1.15 bits per heavy atom. The quantitative estimate of drug-likeness (QED) is 0.121. The first-order chi connectivity index (χ1) is 27.2. The lowest BCUT2D eigenvalue weighted by atomic mass is 10.1. The van der Waals surface area contributed by atoms with E-state index >= 15 is 0 Å². The Labute approximate surface area is 329 Å². The average Bonchev–Trinajstić information content (AvgIpc) is 3.61. The van der Waals surface area contributed by atoms with Crippen molar-refractivity contribution in [2.45, 2.75) is 0 Å². The number of para-hydroxylation sites is 8. The van der Waals surface area contributed by atoms with Gasteiger partial charge in [0.25, 0.3) is 0 Å². The van der Waals surface area contributed by atoms with Crippen molar-refractivity contribution in [2.75, 3.05) is 20.0 Å². The molecule has 0 saturated carbocycles. The molecule has 9 aromatic rings. The van der Waals surface area contributed by atoms with Gasteiger partial charge < -0.3 is 20.0 Å².